The van der Waals surface area contributed by atoms with Crippen molar-refractivity contribution in [3.8, 4) is 0 Å². The fourth-order valence-electron chi connectivity index (χ4n) is 3.32. The Kier molecular flexibility index (Phi) is 6.60. The molecule has 142 valence electrons. The second kappa shape index (κ2) is 9.33. The number of hydrogen-bond donors (Lipinski definition) is 2. The van der Waals surface area contributed by atoms with Gasteiger partial charge in [0.25, 0.3) is 0 Å². The van der Waals surface area contributed by atoms with Crippen molar-refractivity contribution in [2.45, 2.75) is 39.3 Å². The van der Waals surface area contributed by atoms with E-state index in [9.17, 15) is 9.59 Å². The first-order valence-electron chi connectivity index (χ1n) is 9.57. The average Bonchev–Trinajstić information content (AvgIpc) is 2.69. The van der Waals surface area contributed by atoms with E-state index in [4.69, 9.17) is 0 Å². The molecule has 0 saturated carbocycles. The number of nitrogens with one attached hydrogen (secondary N) is 2. The molecular formula is C22H27N3O2. The van der Waals surface area contributed by atoms with Crippen LogP contribution in [-0.2, 0) is 22.7 Å². The van der Waals surface area contributed by atoms with E-state index < -0.39 is 11.8 Å². The van der Waals surface area contributed by atoms with Gasteiger partial charge in [0.05, 0.1) is 0 Å². The van der Waals surface area contributed by atoms with Gasteiger partial charge in [0.15, 0.2) is 0 Å². The predicted octanol–water partition coefficient (Wildman–Crippen LogP) is 3.24. The first-order chi connectivity index (χ1) is 13.1. The van der Waals surface area contributed by atoms with Crippen LogP contribution in [0, 0.1) is 6.92 Å². The van der Waals surface area contributed by atoms with Crippen molar-refractivity contribution < 1.29 is 9.59 Å². The van der Waals surface area contributed by atoms with Crippen molar-refractivity contribution in [3.63, 3.8) is 0 Å². The van der Waals surface area contributed by atoms with Gasteiger partial charge in [0, 0.05) is 18.8 Å². The van der Waals surface area contributed by atoms with Crippen LogP contribution < -0.4 is 10.6 Å². The van der Waals surface area contributed by atoms with Crippen molar-refractivity contribution in [2.24, 2.45) is 0 Å². The number of carbonyl (C=O) groups is 2. The number of hydrogen-bond acceptors (Lipinski definition) is 3. The van der Waals surface area contributed by atoms with Crippen LogP contribution in [0.15, 0.2) is 48.5 Å². The number of carbonyl (C=O) groups excluding carboxylic acids is 2. The second-order valence-corrected chi connectivity index (χ2v) is 7.11. The van der Waals surface area contributed by atoms with E-state index in [1.165, 1.54) is 24.8 Å². The maximum absolute atomic E-state index is 12.2. The Labute approximate surface area is 160 Å². The third-order valence-corrected chi connectivity index (χ3v) is 4.92. The molecule has 1 aliphatic heterocycles. The summed E-state index contributed by atoms with van der Waals surface area (Å²) in [6, 6.07) is 15.5. The largest absolute Gasteiger partial charge is 0.344 e. The Balaban J connectivity index is 1.55. The Morgan fingerprint density at radius 2 is 1.56 bits per heavy atom. The van der Waals surface area contributed by atoms with Crippen LogP contribution in [0.2, 0.25) is 0 Å². The Hall–Kier alpha value is -2.66. The lowest BCUT2D eigenvalue weighted by Crippen LogP contribution is -2.35. The van der Waals surface area contributed by atoms with Crippen molar-refractivity contribution >= 4 is 17.5 Å². The van der Waals surface area contributed by atoms with Crippen LogP contribution in [0.3, 0.4) is 0 Å². The van der Waals surface area contributed by atoms with Gasteiger partial charge in [-0.2, -0.15) is 0 Å². The minimum Gasteiger partial charge on any atom is -0.344 e. The first-order valence-corrected chi connectivity index (χ1v) is 9.57. The second-order valence-electron chi connectivity index (χ2n) is 7.11. The summed E-state index contributed by atoms with van der Waals surface area (Å²) < 4.78 is 0. The van der Waals surface area contributed by atoms with Crippen LogP contribution in [0.25, 0.3) is 0 Å². The van der Waals surface area contributed by atoms with Gasteiger partial charge >= 0.3 is 11.8 Å². The number of benzene rings is 2. The molecule has 0 bridgehead atoms. The van der Waals surface area contributed by atoms with Crippen molar-refractivity contribution in [1.82, 2.24) is 10.2 Å². The van der Waals surface area contributed by atoms with Crippen LogP contribution >= 0.6 is 0 Å². The SMILES string of the molecule is Cc1ccc(NC(=O)C(=O)NCc2ccccc2CN2CCCCC2)cc1. The summed E-state index contributed by atoms with van der Waals surface area (Å²) in [5, 5.41) is 5.36. The zero-order valence-electron chi connectivity index (χ0n) is 15.8. The van der Waals surface area contributed by atoms with Gasteiger partial charge < -0.3 is 10.6 Å². The molecule has 1 saturated heterocycles. The van der Waals surface area contributed by atoms with Crippen molar-refractivity contribution in [1.29, 1.82) is 0 Å². The molecule has 0 spiro atoms. The summed E-state index contributed by atoms with van der Waals surface area (Å²) in [6.07, 6.45) is 3.81. The summed E-state index contributed by atoms with van der Waals surface area (Å²) in [4.78, 5) is 26.7. The lowest BCUT2D eigenvalue weighted by Gasteiger charge is -2.27. The zero-order valence-corrected chi connectivity index (χ0v) is 15.8. The van der Waals surface area contributed by atoms with E-state index >= 15 is 0 Å². The molecule has 1 aliphatic rings. The molecule has 5 nitrogen and oxygen atoms in total. The van der Waals surface area contributed by atoms with Gasteiger partial charge in [-0.1, -0.05) is 48.4 Å². The van der Waals surface area contributed by atoms with E-state index in [0.717, 1.165) is 30.8 Å². The smallest absolute Gasteiger partial charge is 0.313 e. The molecule has 27 heavy (non-hydrogen) atoms. The normalized spacial score (nSPS) is 14.6. The third-order valence-electron chi connectivity index (χ3n) is 4.92. The van der Waals surface area contributed by atoms with Crippen LogP contribution in [0.1, 0.15) is 36.0 Å². The monoisotopic (exact) mass is 365 g/mol. The minimum absolute atomic E-state index is 0.351. The van der Waals surface area contributed by atoms with E-state index in [0.29, 0.717) is 12.2 Å². The van der Waals surface area contributed by atoms with Gasteiger partial charge in [-0.05, 0) is 56.1 Å². The van der Waals surface area contributed by atoms with Gasteiger partial charge in [-0.15, -0.1) is 0 Å². The number of nitrogens with zero attached hydrogens (tertiary/aromatic N) is 1. The molecule has 3 rings (SSSR count). The van der Waals surface area contributed by atoms with Gasteiger partial charge in [-0.3, -0.25) is 14.5 Å². The highest BCUT2D eigenvalue weighted by Crippen LogP contribution is 2.16. The first kappa shape index (κ1) is 19.1. The number of anilines is 1. The summed E-state index contributed by atoms with van der Waals surface area (Å²) >= 11 is 0. The zero-order chi connectivity index (χ0) is 19.1. The molecule has 0 atom stereocenters. The number of likely N-dealkylation sites (tertiary alicyclic amines) is 1. The van der Waals surface area contributed by atoms with E-state index in [1.807, 2.05) is 37.3 Å². The molecular weight excluding hydrogens is 338 g/mol. The van der Waals surface area contributed by atoms with Gasteiger partial charge in [0.2, 0.25) is 0 Å². The summed E-state index contributed by atoms with van der Waals surface area (Å²) in [5.74, 6) is -1.27. The third kappa shape index (κ3) is 5.66. The fourth-order valence-corrected chi connectivity index (χ4v) is 3.32. The minimum atomic E-state index is -0.646. The van der Waals surface area contributed by atoms with E-state index in [-0.39, 0.29) is 0 Å². The Morgan fingerprint density at radius 1 is 0.889 bits per heavy atom. The molecule has 2 aromatic rings. The Bertz CT molecular complexity index is 780. The topological polar surface area (TPSA) is 61.4 Å². The summed E-state index contributed by atoms with van der Waals surface area (Å²) in [5.41, 5.74) is 3.98. The molecule has 1 heterocycles. The number of piperidine rings is 1. The molecule has 2 amide bonds. The van der Waals surface area contributed by atoms with Gasteiger partial charge in [-0.25, -0.2) is 0 Å². The van der Waals surface area contributed by atoms with E-state index in [1.54, 1.807) is 12.1 Å². The summed E-state index contributed by atoms with van der Waals surface area (Å²) in [7, 11) is 0. The lowest BCUT2D eigenvalue weighted by atomic mass is 10.0. The quantitative estimate of drug-likeness (QED) is 0.800. The van der Waals surface area contributed by atoms with E-state index in [2.05, 4.69) is 21.6 Å². The lowest BCUT2D eigenvalue weighted by molar-refractivity contribution is -0.136. The maximum Gasteiger partial charge on any atom is 0.313 e. The van der Waals surface area contributed by atoms with Crippen LogP contribution in [-0.4, -0.2) is 29.8 Å². The van der Waals surface area contributed by atoms with Gasteiger partial charge in [0.1, 0.15) is 0 Å². The van der Waals surface area contributed by atoms with Crippen molar-refractivity contribution in [3.05, 3.63) is 65.2 Å². The highest BCUT2D eigenvalue weighted by atomic mass is 16.2. The maximum atomic E-state index is 12.2. The average molecular weight is 365 g/mol. The standard InChI is InChI=1S/C22H27N3O2/c1-17-9-11-20(12-10-17)24-22(27)21(26)23-15-18-7-3-4-8-19(18)16-25-13-5-2-6-14-25/h3-4,7-12H,2,5-6,13-16H2,1H3,(H,23,26)(H,24,27). The molecule has 0 aromatic heterocycles. The summed E-state index contributed by atoms with van der Waals surface area (Å²) in [6.45, 7) is 5.46. The highest BCUT2D eigenvalue weighted by molar-refractivity contribution is 6.39. The molecule has 2 aromatic carbocycles. The number of aryl methyl sites for hydroxylation is 1. The molecule has 5 heteroatoms. The number of amides is 2. The molecule has 0 radical (unpaired) electrons. The molecule has 1 fully saturated rings. The fraction of sp³-hybridized carbons (Fsp3) is 0.364. The van der Waals surface area contributed by atoms with Crippen LogP contribution in [0.5, 0.6) is 0 Å². The molecule has 2 N–H and O–H groups in total. The predicted molar refractivity (Wildman–Crippen MR) is 107 cm³/mol. The molecule has 0 unspecified atom stereocenters. The Morgan fingerprint density at radius 3 is 2.26 bits per heavy atom. The van der Waals surface area contributed by atoms with Crippen LogP contribution in [0.4, 0.5) is 5.69 Å². The highest BCUT2D eigenvalue weighted by Gasteiger charge is 2.15. The number of rotatable bonds is 5. The molecule has 0 aliphatic carbocycles. The van der Waals surface area contributed by atoms with Crippen molar-refractivity contribution in [2.75, 3.05) is 18.4 Å².